The molecule has 14 heavy (non-hydrogen) atoms. The number of Topliss-reactive ketones (excluding diaryl/α,β-unsaturated/α-hetero) is 1. The Bertz CT molecular complexity index is 354. The summed E-state index contributed by atoms with van der Waals surface area (Å²) >= 11 is 3.36. The first-order chi connectivity index (χ1) is 6.77. The third-order valence-corrected chi connectivity index (χ3v) is 2.76. The molecule has 0 radical (unpaired) electrons. The minimum Gasteiger partial charge on any atom is -0.380 e. The summed E-state index contributed by atoms with van der Waals surface area (Å²) in [6.45, 7) is 1.01. The van der Waals surface area contributed by atoms with Gasteiger partial charge in [0.15, 0.2) is 0 Å². The van der Waals surface area contributed by atoms with E-state index >= 15 is 0 Å². The first-order valence-electron chi connectivity index (χ1n) is 4.49. The van der Waals surface area contributed by atoms with E-state index in [1.807, 2.05) is 12.1 Å². The molecule has 1 aromatic heterocycles. The highest BCUT2D eigenvalue weighted by atomic mass is 79.9. The Balaban J connectivity index is 2.24. The van der Waals surface area contributed by atoms with Gasteiger partial charge in [-0.05, 0) is 12.1 Å². The van der Waals surface area contributed by atoms with Gasteiger partial charge in [0.05, 0.1) is 24.8 Å². The number of halogens is 1. The summed E-state index contributed by atoms with van der Waals surface area (Å²) in [4.78, 5) is 15.8. The number of ether oxygens (including phenoxy) is 1. The number of pyridine rings is 1. The van der Waals surface area contributed by atoms with Crippen LogP contribution in [0.15, 0.2) is 22.8 Å². The van der Waals surface area contributed by atoms with Gasteiger partial charge in [-0.25, -0.2) is 0 Å². The molecule has 3 nitrogen and oxygen atoms in total. The predicted octanol–water partition coefficient (Wildman–Crippen LogP) is 1.92. The Hall–Kier alpha value is -0.740. The maximum absolute atomic E-state index is 11.6. The topological polar surface area (TPSA) is 39.2 Å². The fourth-order valence-electron chi connectivity index (χ4n) is 1.50. The molecule has 1 unspecified atom stereocenters. The van der Waals surface area contributed by atoms with Crippen LogP contribution in [-0.4, -0.2) is 24.0 Å². The standard InChI is InChI=1S/C10H10BrNO2/c11-7-1-3-12-9(5-7)8-6-14-4-2-10(8)13/h1,3,5,8H,2,4,6H2. The van der Waals surface area contributed by atoms with Crippen LogP contribution in [0.1, 0.15) is 18.0 Å². The molecule has 0 aromatic carbocycles. The molecule has 0 bridgehead atoms. The van der Waals surface area contributed by atoms with Crippen molar-refractivity contribution >= 4 is 21.7 Å². The molecule has 4 heteroatoms. The minimum absolute atomic E-state index is 0.179. The molecule has 0 saturated carbocycles. The van der Waals surface area contributed by atoms with Crippen LogP contribution in [0.5, 0.6) is 0 Å². The highest BCUT2D eigenvalue weighted by molar-refractivity contribution is 9.10. The fourth-order valence-corrected chi connectivity index (χ4v) is 1.86. The van der Waals surface area contributed by atoms with Gasteiger partial charge in [-0.1, -0.05) is 15.9 Å². The zero-order valence-corrected chi connectivity index (χ0v) is 9.16. The molecule has 1 fully saturated rings. The van der Waals surface area contributed by atoms with Crippen LogP contribution in [0.3, 0.4) is 0 Å². The lowest BCUT2D eigenvalue weighted by Crippen LogP contribution is -2.26. The number of carbonyl (C=O) groups excluding carboxylic acids is 1. The van der Waals surface area contributed by atoms with Crippen LogP contribution in [-0.2, 0) is 9.53 Å². The van der Waals surface area contributed by atoms with Gasteiger partial charge in [0, 0.05) is 17.1 Å². The van der Waals surface area contributed by atoms with Gasteiger partial charge in [-0.15, -0.1) is 0 Å². The molecular formula is C10H10BrNO2. The first kappa shape index (κ1) is 9.80. The largest absolute Gasteiger partial charge is 0.380 e. The Morgan fingerprint density at radius 2 is 2.43 bits per heavy atom. The Labute approximate surface area is 90.6 Å². The van der Waals surface area contributed by atoms with Crippen molar-refractivity contribution in [1.29, 1.82) is 0 Å². The number of rotatable bonds is 1. The first-order valence-corrected chi connectivity index (χ1v) is 5.28. The number of nitrogens with zero attached hydrogens (tertiary/aromatic N) is 1. The molecule has 0 spiro atoms. The van der Waals surface area contributed by atoms with Crippen LogP contribution in [0.25, 0.3) is 0 Å². The van der Waals surface area contributed by atoms with Crippen LogP contribution in [0.4, 0.5) is 0 Å². The fraction of sp³-hybridized carbons (Fsp3) is 0.400. The lowest BCUT2D eigenvalue weighted by atomic mass is 9.96. The second-order valence-electron chi connectivity index (χ2n) is 3.24. The van der Waals surface area contributed by atoms with Crippen molar-refractivity contribution in [2.24, 2.45) is 0 Å². The van der Waals surface area contributed by atoms with E-state index in [1.54, 1.807) is 6.20 Å². The molecule has 1 atom stereocenters. The van der Waals surface area contributed by atoms with E-state index in [0.29, 0.717) is 19.6 Å². The highest BCUT2D eigenvalue weighted by Gasteiger charge is 2.25. The van der Waals surface area contributed by atoms with Gasteiger partial charge in [-0.2, -0.15) is 0 Å². The van der Waals surface area contributed by atoms with Gasteiger partial charge in [0.1, 0.15) is 5.78 Å². The van der Waals surface area contributed by atoms with Gasteiger partial charge >= 0.3 is 0 Å². The van der Waals surface area contributed by atoms with E-state index < -0.39 is 0 Å². The van der Waals surface area contributed by atoms with E-state index in [0.717, 1.165) is 10.2 Å². The van der Waals surface area contributed by atoms with E-state index in [-0.39, 0.29) is 11.7 Å². The normalized spacial score (nSPS) is 22.4. The predicted molar refractivity (Wildman–Crippen MR) is 55.1 cm³/mol. The lowest BCUT2D eigenvalue weighted by Gasteiger charge is -2.20. The third-order valence-electron chi connectivity index (χ3n) is 2.27. The molecular weight excluding hydrogens is 246 g/mol. The maximum atomic E-state index is 11.6. The summed E-state index contributed by atoms with van der Waals surface area (Å²) < 4.78 is 6.22. The average molecular weight is 256 g/mol. The molecule has 74 valence electrons. The van der Waals surface area contributed by atoms with Gasteiger partial charge in [-0.3, -0.25) is 9.78 Å². The maximum Gasteiger partial charge on any atom is 0.146 e. The Kier molecular flexibility index (Phi) is 2.93. The number of aromatic nitrogens is 1. The summed E-state index contributed by atoms with van der Waals surface area (Å²) in [7, 11) is 0. The number of carbonyl (C=O) groups is 1. The van der Waals surface area contributed by atoms with E-state index in [9.17, 15) is 4.79 Å². The summed E-state index contributed by atoms with van der Waals surface area (Å²) in [5, 5.41) is 0. The average Bonchev–Trinajstić information content (AvgIpc) is 2.18. The molecule has 0 amide bonds. The molecule has 1 aliphatic heterocycles. The smallest absolute Gasteiger partial charge is 0.146 e. The van der Waals surface area contributed by atoms with Gasteiger partial charge < -0.3 is 4.74 Å². The van der Waals surface area contributed by atoms with E-state index in [2.05, 4.69) is 20.9 Å². The van der Waals surface area contributed by atoms with Crippen LogP contribution < -0.4 is 0 Å². The number of ketones is 1. The molecule has 1 aromatic rings. The summed E-state index contributed by atoms with van der Waals surface area (Å²) in [6, 6.07) is 3.72. The number of hydrogen-bond acceptors (Lipinski definition) is 3. The molecule has 1 aliphatic rings. The summed E-state index contributed by atoms with van der Waals surface area (Å²) in [5.74, 6) is 0.0445. The molecule has 1 saturated heterocycles. The van der Waals surface area contributed by atoms with Crippen LogP contribution in [0.2, 0.25) is 0 Å². The highest BCUT2D eigenvalue weighted by Crippen LogP contribution is 2.22. The SMILES string of the molecule is O=C1CCOCC1c1cc(Br)ccn1. The van der Waals surface area contributed by atoms with E-state index in [4.69, 9.17) is 4.74 Å². The van der Waals surface area contributed by atoms with Crippen LogP contribution in [0, 0.1) is 0 Å². The van der Waals surface area contributed by atoms with Crippen molar-refractivity contribution < 1.29 is 9.53 Å². The van der Waals surface area contributed by atoms with E-state index in [1.165, 1.54) is 0 Å². The van der Waals surface area contributed by atoms with Crippen molar-refractivity contribution in [3.63, 3.8) is 0 Å². The second kappa shape index (κ2) is 4.19. The number of hydrogen-bond donors (Lipinski definition) is 0. The Morgan fingerprint density at radius 1 is 1.57 bits per heavy atom. The van der Waals surface area contributed by atoms with Crippen molar-refractivity contribution in [1.82, 2.24) is 4.98 Å². The third kappa shape index (κ3) is 2.01. The van der Waals surface area contributed by atoms with Crippen LogP contribution >= 0.6 is 15.9 Å². The minimum atomic E-state index is -0.179. The molecule has 0 aliphatic carbocycles. The Morgan fingerprint density at radius 3 is 3.14 bits per heavy atom. The quantitative estimate of drug-likeness (QED) is 0.770. The zero-order valence-electron chi connectivity index (χ0n) is 7.57. The van der Waals surface area contributed by atoms with Crippen molar-refractivity contribution in [2.75, 3.05) is 13.2 Å². The van der Waals surface area contributed by atoms with Crippen molar-refractivity contribution in [3.05, 3.63) is 28.5 Å². The summed E-state index contributed by atoms with van der Waals surface area (Å²) in [6.07, 6.45) is 2.19. The lowest BCUT2D eigenvalue weighted by molar-refractivity contribution is -0.126. The summed E-state index contributed by atoms with van der Waals surface area (Å²) in [5.41, 5.74) is 0.795. The van der Waals surface area contributed by atoms with Gasteiger partial charge in [0.2, 0.25) is 0 Å². The monoisotopic (exact) mass is 255 g/mol. The zero-order chi connectivity index (χ0) is 9.97. The second-order valence-corrected chi connectivity index (χ2v) is 4.16. The molecule has 2 heterocycles. The van der Waals surface area contributed by atoms with Crippen molar-refractivity contribution in [3.8, 4) is 0 Å². The van der Waals surface area contributed by atoms with Gasteiger partial charge in [0.25, 0.3) is 0 Å². The van der Waals surface area contributed by atoms with Crippen molar-refractivity contribution in [2.45, 2.75) is 12.3 Å². The molecule has 0 N–H and O–H groups in total. The molecule has 2 rings (SSSR count).